The van der Waals surface area contributed by atoms with Crippen molar-refractivity contribution in [2.75, 3.05) is 5.32 Å². The Bertz CT molecular complexity index is 801. The zero-order valence-corrected chi connectivity index (χ0v) is 14.7. The van der Waals surface area contributed by atoms with E-state index >= 15 is 0 Å². The van der Waals surface area contributed by atoms with E-state index in [1.54, 1.807) is 0 Å². The number of hydrogen-bond acceptors (Lipinski definition) is 1. The molecule has 0 aliphatic rings. The predicted molar refractivity (Wildman–Crippen MR) is 104 cm³/mol. The van der Waals surface area contributed by atoms with Gasteiger partial charge < -0.3 is 5.32 Å². The van der Waals surface area contributed by atoms with Gasteiger partial charge in [-0.15, -0.1) is 0 Å². The van der Waals surface area contributed by atoms with Crippen molar-refractivity contribution < 1.29 is 4.79 Å². The fourth-order valence-corrected chi connectivity index (χ4v) is 3.18. The summed E-state index contributed by atoms with van der Waals surface area (Å²) in [7, 11) is 0. The molecule has 1 N–H and O–H groups in total. The lowest BCUT2D eigenvalue weighted by molar-refractivity contribution is -0.116. The van der Waals surface area contributed by atoms with E-state index < -0.39 is 0 Å². The standard InChI is InChI=1S/C23H23NO/c1-3-18-16-10-11-17(2)22(18)24-23(25)21(19-12-6-4-7-13-19)20-14-8-5-9-15-20/h4-16,21H,3H2,1-2H3,(H,24,25). The Morgan fingerprint density at radius 2 is 1.40 bits per heavy atom. The number of anilines is 1. The Balaban J connectivity index is 1.99. The molecular weight excluding hydrogens is 306 g/mol. The van der Waals surface area contributed by atoms with Crippen LogP contribution in [0.15, 0.2) is 78.9 Å². The van der Waals surface area contributed by atoms with Gasteiger partial charge in [0.25, 0.3) is 0 Å². The van der Waals surface area contributed by atoms with Crippen LogP contribution in [0.3, 0.4) is 0 Å². The summed E-state index contributed by atoms with van der Waals surface area (Å²) >= 11 is 0. The largest absolute Gasteiger partial charge is 0.325 e. The minimum absolute atomic E-state index is 0.00130. The van der Waals surface area contributed by atoms with Crippen LogP contribution < -0.4 is 5.32 Å². The maximum atomic E-state index is 13.2. The highest BCUT2D eigenvalue weighted by Crippen LogP contribution is 2.28. The molecule has 0 aliphatic carbocycles. The second-order valence-corrected chi connectivity index (χ2v) is 6.21. The van der Waals surface area contributed by atoms with Gasteiger partial charge >= 0.3 is 0 Å². The fourth-order valence-electron chi connectivity index (χ4n) is 3.18. The second-order valence-electron chi connectivity index (χ2n) is 6.21. The van der Waals surface area contributed by atoms with Crippen LogP contribution >= 0.6 is 0 Å². The van der Waals surface area contributed by atoms with Gasteiger partial charge in [-0.2, -0.15) is 0 Å². The Hall–Kier alpha value is -2.87. The smallest absolute Gasteiger partial charge is 0.236 e. The van der Waals surface area contributed by atoms with Crippen LogP contribution in [0.5, 0.6) is 0 Å². The average molecular weight is 329 g/mol. The number of para-hydroxylation sites is 1. The molecule has 126 valence electrons. The highest BCUT2D eigenvalue weighted by molar-refractivity contribution is 5.99. The molecule has 3 rings (SSSR count). The molecule has 2 heteroatoms. The van der Waals surface area contributed by atoms with Gasteiger partial charge in [0.15, 0.2) is 0 Å². The van der Waals surface area contributed by atoms with Gasteiger partial charge in [-0.25, -0.2) is 0 Å². The van der Waals surface area contributed by atoms with Gasteiger partial charge in [-0.3, -0.25) is 4.79 Å². The molecule has 0 atom stereocenters. The van der Waals surface area contributed by atoms with Crippen LogP contribution in [0.4, 0.5) is 5.69 Å². The zero-order chi connectivity index (χ0) is 17.6. The quantitative estimate of drug-likeness (QED) is 0.673. The Kier molecular flexibility index (Phi) is 5.30. The topological polar surface area (TPSA) is 29.1 Å². The van der Waals surface area contributed by atoms with Crippen LogP contribution in [0, 0.1) is 6.92 Å². The molecular formula is C23H23NO. The normalized spacial score (nSPS) is 10.7. The second kappa shape index (κ2) is 7.80. The molecule has 0 aromatic heterocycles. The predicted octanol–water partition coefficient (Wildman–Crippen LogP) is 5.33. The van der Waals surface area contributed by atoms with Gasteiger partial charge in [-0.1, -0.05) is 85.8 Å². The van der Waals surface area contributed by atoms with Crippen LogP contribution in [-0.4, -0.2) is 5.91 Å². The van der Waals surface area contributed by atoms with Crippen molar-refractivity contribution in [3.63, 3.8) is 0 Å². The molecule has 0 radical (unpaired) electrons. The van der Waals surface area contributed by atoms with Gasteiger partial charge in [0.2, 0.25) is 5.91 Å². The summed E-state index contributed by atoms with van der Waals surface area (Å²) in [5, 5.41) is 3.19. The van der Waals surface area contributed by atoms with Crippen molar-refractivity contribution in [3.05, 3.63) is 101 Å². The molecule has 0 fully saturated rings. The molecule has 25 heavy (non-hydrogen) atoms. The molecule has 0 bridgehead atoms. The van der Waals surface area contributed by atoms with E-state index in [0.717, 1.165) is 34.4 Å². The van der Waals surface area contributed by atoms with E-state index in [2.05, 4.69) is 18.3 Å². The van der Waals surface area contributed by atoms with E-state index in [-0.39, 0.29) is 11.8 Å². The summed E-state index contributed by atoms with van der Waals surface area (Å²) in [6.07, 6.45) is 0.888. The third-order valence-electron chi connectivity index (χ3n) is 4.52. The summed E-state index contributed by atoms with van der Waals surface area (Å²) in [5.41, 5.74) is 5.18. The molecule has 1 amide bonds. The van der Waals surface area contributed by atoms with E-state index in [9.17, 15) is 4.79 Å². The number of aryl methyl sites for hydroxylation is 2. The molecule has 0 aliphatic heterocycles. The highest BCUT2D eigenvalue weighted by Gasteiger charge is 2.23. The average Bonchev–Trinajstić information content (AvgIpc) is 2.65. The van der Waals surface area contributed by atoms with Crippen LogP contribution in [0.2, 0.25) is 0 Å². The highest BCUT2D eigenvalue weighted by atomic mass is 16.1. The Labute approximate surface area is 149 Å². The van der Waals surface area contributed by atoms with Crippen LogP contribution in [0.25, 0.3) is 0 Å². The Morgan fingerprint density at radius 1 is 0.840 bits per heavy atom. The molecule has 3 aromatic carbocycles. The lowest BCUT2D eigenvalue weighted by Crippen LogP contribution is -2.23. The molecule has 0 spiro atoms. The third kappa shape index (κ3) is 3.80. The summed E-state index contributed by atoms with van der Waals surface area (Å²) in [6, 6.07) is 26.0. The summed E-state index contributed by atoms with van der Waals surface area (Å²) in [4.78, 5) is 13.2. The lowest BCUT2D eigenvalue weighted by atomic mass is 9.90. The minimum atomic E-state index is -0.327. The van der Waals surface area contributed by atoms with Crippen LogP contribution in [0.1, 0.15) is 35.1 Å². The zero-order valence-electron chi connectivity index (χ0n) is 14.7. The number of rotatable bonds is 5. The number of benzene rings is 3. The monoisotopic (exact) mass is 329 g/mol. The molecule has 0 unspecified atom stereocenters. The molecule has 3 aromatic rings. The van der Waals surface area contributed by atoms with E-state index in [1.807, 2.05) is 79.7 Å². The van der Waals surface area contributed by atoms with Crippen molar-refractivity contribution in [2.45, 2.75) is 26.2 Å². The first-order valence-corrected chi connectivity index (χ1v) is 8.70. The first kappa shape index (κ1) is 17.0. The maximum Gasteiger partial charge on any atom is 0.236 e. The van der Waals surface area contributed by atoms with E-state index in [4.69, 9.17) is 0 Å². The minimum Gasteiger partial charge on any atom is -0.325 e. The number of nitrogens with one attached hydrogen (secondary N) is 1. The molecule has 2 nitrogen and oxygen atoms in total. The van der Waals surface area contributed by atoms with Gasteiger partial charge in [0.1, 0.15) is 0 Å². The van der Waals surface area contributed by atoms with Crippen molar-refractivity contribution in [1.29, 1.82) is 0 Å². The maximum absolute atomic E-state index is 13.2. The molecule has 0 saturated carbocycles. The summed E-state index contributed by atoms with van der Waals surface area (Å²) < 4.78 is 0. The third-order valence-corrected chi connectivity index (χ3v) is 4.52. The van der Waals surface area contributed by atoms with Crippen molar-refractivity contribution in [3.8, 4) is 0 Å². The van der Waals surface area contributed by atoms with Crippen LogP contribution in [-0.2, 0) is 11.2 Å². The van der Waals surface area contributed by atoms with Gasteiger partial charge in [-0.05, 0) is 35.6 Å². The van der Waals surface area contributed by atoms with Crippen molar-refractivity contribution in [1.82, 2.24) is 0 Å². The number of carbonyl (C=O) groups is 1. The summed E-state index contributed by atoms with van der Waals surface area (Å²) in [6.45, 7) is 4.14. The fraction of sp³-hybridized carbons (Fsp3) is 0.174. The number of carbonyl (C=O) groups excluding carboxylic acids is 1. The van der Waals surface area contributed by atoms with Gasteiger partial charge in [0.05, 0.1) is 5.92 Å². The first-order chi connectivity index (χ1) is 12.2. The summed E-state index contributed by atoms with van der Waals surface area (Å²) in [5.74, 6) is -0.326. The van der Waals surface area contributed by atoms with E-state index in [1.165, 1.54) is 0 Å². The number of hydrogen-bond donors (Lipinski definition) is 1. The SMILES string of the molecule is CCc1cccc(C)c1NC(=O)C(c1ccccc1)c1ccccc1. The van der Waals surface area contributed by atoms with Gasteiger partial charge in [0, 0.05) is 5.69 Å². The van der Waals surface area contributed by atoms with Crippen molar-refractivity contribution >= 4 is 11.6 Å². The first-order valence-electron chi connectivity index (χ1n) is 8.70. The lowest BCUT2D eigenvalue weighted by Gasteiger charge is -2.20. The molecule has 0 saturated heterocycles. The Morgan fingerprint density at radius 3 is 1.92 bits per heavy atom. The van der Waals surface area contributed by atoms with Crippen molar-refractivity contribution in [2.24, 2.45) is 0 Å². The number of amides is 1. The van der Waals surface area contributed by atoms with E-state index in [0.29, 0.717) is 0 Å². The molecule has 0 heterocycles.